The minimum atomic E-state index is -0.0104. The summed E-state index contributed by atoms with van der Waals surface area (Å²) in [5.41, 5.74) is 1.73. The van der Waals surface area contributed by atoms with Crippen molar-refractivity contribution >= 4 is 33.4 Å². The van der Waals surface area contributed by atoms with Gasteiger partial charge >= 0.3 is 0 Å². The van der Waals surface area contributed by atoms with Gasteiger partial charge in [0.15, 0.2) is 0 Å². The zero-order valence-corrected chi connectivity index (χ0v) is 12.0. The lowest BCUT2D eigenvalue weighted by molar-refractivity contribution is 0.0755. The van der Waals surface area contributed by atoms with Gasteiger partial charge in [0.1, 0.15) is 0 Å². The Kier molecular flexibility index (Phi) is 4.81. The van der Waals surface area contributed by atoms with Crippen molar-refractivity contribution in [3.05, 3.63) is 33.8 Å². The SMILES string of the molecule is Cc1cccc(C(=O)N(C)C(C)CCl)c1Br. The van der Waals surface area contributed by atoms with Crippen LogP contribution in [0.3, 0.4) is 0 Å². The predicted molar refractivity (Wildman–Crippen MR) is 71.2 cm³/mol. The Labute approximate surface area is 110 Å². The number of nitrogens with zero attached hydrogens (tertiary/aromatic N) is 1. The molecule has 4 heteroatoms. The van der Waals surface area contributed by atoms with Crippen LogP contribution in [0.4, 0.5) is 0 Å². The van der Waals surface area contributed by atoms with Crippen LogP contribution in [0.15, 0.2) is 22.7 Å². The number of amides is 1. The van der Waals surface area contributed by atoms with Crippen LogP contribution < -0.4 is 0 Å². The number of hydrogen-bond donors (Lipinski definition) is 0. The van der Waals surface area contributed by atoms with Gasteiger partial charge in [-0.1, -0.05) is 12.1 Å². The number of alkyl halides is 1. The Morgan fingerprint density at radius 2 is 2.19 bits per heavy atom. The average Bonchev–Trinajstić information content (AvgIpc) is 2.29. The van der Waals surface area contributed by atoms with Crippen LogP contribution in [0.5, 0.6) is 0 Å². The molecule has 0 bridgehead atoms. The molecule has 1 unspecified atom stereocenters. The lowest BCUT2D eigenvalue weighted by Gasteiger charge is -2.23. The van der Waals surface area contributed by atoms with Gasteiger partial charge in [-0.3, -0.25) is 4.79 Å². The van der Waals surface area contributed by atoms with Gasteiger partial charge in [-0.25, -0.2) is 0 Å². The summed E-state index contributed by atoms with van der Waals surface area (Å²) >= 11 is 9.18. The maximum absolute atomic E-state index is 12.2. The number of benzene rings is 1. The molecule has 0 saturated carbocycles. The van der Waals surface area contributed by atoms with E-state index < -0.39 is 0 Å². The highest BCUT2D eigenvalue weighted by atomic mass is 79.9. The number of halogens is 2. The molecule has 0 fully saturated rings. The third-order valence-electron chi connectivity index (χ3n) is 2.63. The van der Waals surface area contributed by atoms with E-state index in [1.54, 1.807) is 11.9 Å². The highest BCUT2D eigenvalue weighted by Crippen LogP contribution is 2.22. The molecule has 0 aliphatic heterocycles. The molecule has 0 N–H and O–H groups in total. The summed E-state index contributed by atoms with van der Waals surface area (Å²) in [5.74, 6) is 0.426. The van der Waals surface area contributed by atoms with Crippen LogP contribution in [-0.4, -0.2) is 29.8 Å². The first kappa shape index (κ1) is 13.5. The van der Waals surface area contributed by atoms with E-state index in [4.69, 9.17) is 11.6 Å². The van der Waals surface area contributed by atoms with E-state index in [0.29, 0.717) is 11.4 Å². The van der Waals surface area contributed by atoms with Crippen molar-refractivity contribution in [2.75, 3.05) is 12.9 Å². The first-order chi connectivity index (χ1) is 7.49. The van der Waals surface area contributed by atoms with Crippen molar-refractivity contribution in [2.24, 2.45) is 0 Å². The van der Waals surface area contributed by atoms with Crippen LogP contribution in [0, 0.1) is 6.92 Å². The normalized spacial score (nSPS) is 12.3. The molecule has 1 rings (SSSR count). The molecule has 1 aromatic rings. The molecule has 88 valence electrons. The Hall–Kier alpha value is -0.540. The summed E-state index contributed by atoms with van der Waals surface area (Å²) < 4.78 is 0.855. The zero-order chi connectivity index (χ0) is 12.3. The van der Waals surface area contributed by atoms with Gasteiger partial charge in [0.05, 0.1) is 5.56 Å². The molecule has 2 nitrogen and oxygen atoms in total. The van der Waals surface area contributed by atoms with Gasteiger partial charge < -0.3 is 4.90 Å². The molecule has 1 atom stereocenters. The minimum absolute atomic E-state index is 0.0104. The smallest absolute Gasteiger partial charge is 0.255 e. The molecule has 0 aromatic heterocycles. The van der Waals surface area contributed by atoms with Crippen molar-refractivity contribution < 1.29 is 4.79 Å². The zero-order valence-electron chi connectivity index (χ0n) is 9.63. The van der Waals surface area contributed by atoms with E-state index in [2.05, 4.69) is 15.9 Å². The van der Waals surface area contributed by atoms with Gasteiger partial charge in [-0.2, -0.15) is 0 Å². The number of rotatable bonds is 3. The third-order valence-corrected chi connectivity index (χ3v) is 4.13. The van der Waals surface area contributed by atoms with E-state index in [-0.39, 0.29) is 11.9 Å². The van der Waals surface area contributed by atoms with Gasteiger partial charge in [-0.15, -0.1) is 11.6 Å². The van der Waals surface area contributed by atoms with Crippen molar-refractivity contribution in [1.82, 2.24) is 4.90 Å². The van der Waals surface area contributed by atoms with Crippen molar-refractivity contribution in [1.29, 1.82) is 0 Å². The standard InChI is InChI=1S/C12H15BrClNO/c1-8-5-4-6-10(11(8)13)12(16)15(3)9(2)7-14/h4-6,9H,7H2,1-3H3. The number of aryl methyl sites for hydroxylation is 1. The van der Waals surface area contributed by atoms with Gasteiger partial charge in [0, 0.05) is 23.4 Å². The maximum Gasteiger partial charge on any atom is 0.255 e. The fourth-order valence-electron chi connectivity index (χ4n) is 1.31. The number of carbonyl (C=O) groups excluding carboxylic acids is 1. The largest absolute Gasteiger partial charge is 0.338 e. The summed E-state index contributed by atoms with van der Waals surface area (Å²) in [6.07, 6.45) is 0. The lowest BCUT2D eigenvalue weighted by atomic mass is 10.1. The van der Waals surface area contributed by atoms with Gasteiger partial charge in [0.25, 0.3) is 5.91 Å². The first-order valence-corrected chi connectivity index (χ1v) is 6.40. The highest BCUT2D eigenvalue weighted by Gasteiger charge is 2.19. The van der Waals surface area contributed by atoms with E-state index >= 15 is 0 Å². The monoisotopic (exact) mass is 303 g/mol. The Bertz CT molecular complexity index is 395. The van der Waals surface area contributed by atoms with E-state index in [9.17, 15) is 4.79 Å². The summed E-state index contributed by atoms with van der Waals surface area (Å²) in [5, 5.41) is 0. The fourth-order valence-corrected chi connectivity index (χ4v) is 1.95. The molecule has 0 saturated heterocycles. The van der Waals surface area contributed by atoms with Crippen LogP contribution in [0.2, 0.25) is 0 Å². The molecule has 1 aromatic carbocycles. The summed E-state index contributed by atoms with van der Waals surface area (Å²) in [7, 11) is 1.77. The highest BCUT2D eigenvalue weighted by molar-refractivity contribution is 9.10. The van der Waals surface area contributed by atoms with Gasteiger partial charge in [0.2, 0.25) is 0 Å². The second kappa shape index (κ2) is 5.69. The molecule has 0 aliphatic carbocycles. The molecule has 0 radical (unpaired) electrons. The molecule has 1 amide bonds. The van der Waals surface area contributed by atoms with Crippen LogP contribution in [0.1, 0.15) is 22.8 Å². The lowest BCUT2D eigenvalue weighted by Crippen LogP contribution is -2.36. The average molecular weight is 305 g/mol. The molecule has 0 spiro atoms. The van der Waals surface area contributed by atoms with Crippen molar-refractivity contribution in [3.63, 3.8) is 0 Å². The molecular weight excluding hydrogens is 289 g/mol. The second-order valence-corrected chi connectivity index (χ2v) is 4.96. The quantitative estimate of drug-likeness (QED) is 0.783. The Morgan fingerprint density at radius 3 is 2.75 bits per heavy atom. The summed E-state index contributed by atoms with van der Waals surface area (Å²) in [6, 6.07) is 5.69. The van der Waals surface area contributed by atoms with Crippen molar-refractivity contribution in [2.45, 2.75) is 19.9 Å². The summed E-state index contributed by atoms with van der Waals surface area (Å²) in [6.45, 7) is 3.89. The molecule has 0 aliphatic rings. The first-order valence-electron chi connectivity index (χ1n) is 5.07. The van der Waals surface area contributed by atoms with E-state index in [1.807, 2.05) is 32.0 Å². The Morgan fingerprint density at radius 1 is 1.56 bits per heavy atom. The third kappa shape index (κ3) is 2.77. The predicted octanol–water partition coefficient (Wildman–Crippen LogP) is 3.46. The van der Waals surface area contributed by atoms with E-state index in [1.165, 1.54) is 0 Å². The van der Waals surface area contributed by atoms with Crippen LogP contribution in [-0.2, 0) is 0 Å². The van der Waals surface area contributed by atoms with Crippen molar-refractivity contribution in [3.8, 4) is 0 Å². The second-order valence-electron chi connectivity index (χ2n) is 3.86. The topological polar surface area (TPSA) is 20.3 Å². The Balaban J connectivity index is 3.01. The molecule has 16 heavy (non-hydrogen) atoms. The minimum Gasteiger partial charge on any atom is -0.338 e. The summed E-state index contributed by atoms with van der Waals surface area (Å²) in [4.78, 5) is 13.8. The van der Waals surface area contributed by atoms with Crippen LogP contribution >= 0.6 is 27.5 Å². The van der Waals surface area contributed by atoms with Gasteiger partial charge in [-0.05, 0) is 41.4 Å². The number of hydrogen-bond acceptors (Lipinski definition) is 1. The van der Waals surface area contributed by atoms with Crippen LogP contribution in [0.25, 0.3) is 0 Å². The van der Waals surface area contributed by atoms with E-state index in [0.717, 1.165) is 10.0 Å². The number of carbonyl (C=O) groups is 1. The molecular formula is C12H15BrClNO. The molecule has 0 heterocycles. The maximum atomic E-state index is 12.2. The fraction of sp³-hybridized carbons (Fsp3) is 0.417.